The highest BCUT2D eigenvalue weighted by Gasteiger charge is 2.18. The number of rotatable bonds is 2. The molecule has 0 radical (unpaired) electrons. The SMILES string of the molecule is CN[C@H]1CCCN(c2cccnc2)C1. The van der Waals surface area contributed by atoms with Gasteiger partial charge in [0.25, 0.3) is 0 Å². The van der Waals surface area contributed by atoms with E-state index in [0.717, 1.165) is 13.1 Å². The van der Waals surface area contributed by atoms with Crippen LogP contribution in [0.25, 0.3) is 0 Å². The van der Waals surface area contributed by atoms with Crippen LogP contribution in [0.2, 0.25) is 0 Å². The second kappa shape index (κ2) is 4.42. The van der Waals surface area contributed by atoms with E-state index in [-0.39, 0.29) is 0 Å². The minimum atomic E-state index is 0.629. The molecule has 3 nitrogen and oxygen atoms in total. The molecular formula is C11H17N3. The van der Waals surface area contributed by atoms with Gasteiger partial charge in [-0.2, -0.15) is 0 Å². The Bertz CT molecular complexity index is 273. The average Bonchev–Trinajstić information content (AvgIpc) is 2.30. The zero-order valence-electron chi connectivity index (χ0n) is 8.61. The van der Waals surface area contributed by atoms with Crippen LogP contribution in [-0.4, -0.2) is 31.2 Å². The topological polar surface area (TPSA) is 28.2 Å². The number of aromatic nitrogens is 1. The van der Waals surface area contributed by atoms with Crippen LogP contribution in [0.5, 0.6) is 0 Å². The Hall–Kier alpha value is -1.09. The normalized spacial score (nSPS) is 22.4. The second-order valence-corrected chi connectivity index (χ2v) is 3.79. The van der Waals surface area contributed by atoms with Crippen molar-refractivity contribution in [2.45, 2.75) is 18.9 Å². The Balaban J connectivity index is 2.04. The van der Waals surface area contributed by atoms with Gasteiger partial charge in [0.1, 0.15) is 0 Å². The van der Waals surface area contributed by atoms with Gasteiger partial charge in [-0.3, -0.25) is 4.98 Å². The van der Waals surface area contributed by atoms with Crippen LogP contribution >= 0.6 is 0 Å². The molecule has 0 spiro atoms. The van der Waals surface area contributed by atoms with E-state index in [1.807, 2.05) is 25.5 Å². The summed E-state index contributed by atoms with van der Waals surface area (Å²) in [5.41, 5.74) is 1.24. The number of anilines is 1. The molecule has 1 aromatic rings. The van der Waals surface area contributed by atoms with Crippen molar-refractivity contribution in [3.63, 3.8) is 0 Å². The molecule has 0 unspecified atom stereocenters. The van der Waals surface area contributed by atoms with Gasteiger partial charge in [-0.15, -0.1) is 0 Å². The summed E-state index contributed by atoms with van der Waals surface area (Å²) >= 11 is 0. The van der Waals surface area contributed by atoms with Crippen molar-refractivity contribution < 1.29 is 0 Å². The van der Waals surface area contributed by atoms with E-state index in [1.165, 1.54) is 18.5 Å². The molecule has 1 aliphatic heterocycles. The smallest absolute Gasteiger partial charge is 0.0553 e. The van der Waals surface area contributed by atoms with Crippen LogP contribution in [-0.2, 0) is 0 Å². The third-order valence-corrected chi connectivity index (χ3v) is 2.84. The van der Waals surface area contributed by atoms with Crippen LogP contribution < -0.4 is 10.2 Å². The average molecular weight is 191 g/mol. The fourth-order valence-electron chi connectivity index (χ4n) is 1.99. The lowest BCUT2D eigenvalue weighted by Gasteiger charge is -2.33. The molecule has 1 aromatic heterocycles. The van der Waals surface area contributed by atoms with E-state index >= 15 is 0 Å². The van der Waals surface area contributed by atoms with Crippen LogP contribution in [0.15, 0.2) is 24.5 Å². The second-order valence-electron chi connectivity index (χ2n) is 3.79. The zero-order valence-corrected chi connectivity index (χ0v) is 8.61. The van der Waals surface area contributed by atoms with Crippen LogP contribution in [0, 0.1) is 0 Å². The first-order chi connectivity index (χ1) is 6.90. The highest BCUT2D eigenvalue weighted by molar-refractivity contribution is 5.44. The van der Waals surface area contributed by atoms with Crippen LogP contribution in [0.3, 0.4) is 0 Å². The Morgan fingerprint density at radius 3 is 3.21 bits per heavy atom. The molecule has 1 N–H and O–H groups in total. The van der Waals surface area contributed by atoms with Crippen molar-refractivity contribution in [2.24, 2.45) is 0 Å². The minimum absolute atomic E-state index is 0.629. The molecule has 0 saturated carbocycles. The number of hydrogen-bond acceptors (Lipinski definition) is 3. The molecule has 2 rings (SSSR count). The number of nitrogens with zero attached hydrogens (tertiary/aromatic N) is 2. The van der Waals surface area contributed by atoms with Crippen molar-refractivity contribution in [3.05, 3.63) is 24.5 Å². The van der Waals surface area contributed by atoms with Gasteiger partial charge in [-0.05, 0) is 32.0 Å². The van der Waals surface area contributed by atoms with Gasteiger partial charge < -0.3 is 10.2 Å². The molecule has 0 bridgehead atoms. The quantitative estimate of drug-likeness (QED) is 0.763. The number of piperidine rings is 1. The van der Waals surface area contributed by atoms with Gasteiger partial charge in [0.15, 0.2) is 0 Å². The lowest BCUT2D eigenvalue weighted by atomic mass is 10.1. The molecule has 14 heavy (non-hydrogen) atoms. The van der Waals surface area contributed by atoms with Gasteiger partial charge in [0, 0.05) is 25.3 Å². The summed E-state index contributed by atoms with van der Waals surface area (Å²) in [7, 11) is 2.04. The maximum absolute atomic E-state index is 4.15. The van der Waals surface area contributed by atoms with Gasteiger partial charge in [-0.1, -0.05) is 0 Å². The summed E-state index contributed by atoms with van der Waals surface area (Å²) in [6.45, 7) is 2.26. The molecular weight excluding hydrogens is 174 g/mol. The predicted molar refractivity (Wildman–Crippen MR) is 58.5 cm³/mol. The molecule has 0 aromatic carbocycles. The predicted octanol–water partition coefficient (Wildman–Crippen LogP) is 1.27. The number of nitrogens with one attached hydrogen (secondary N) is 1. The van der Waals surface area contributed by atoms with Crippen molar-refractivity contribution in [1.29, 1.82) is 0 Å². The Kier molecular flexibility index (Phi) is 2.99. The first-order valence-electron chi connectivity index (χ1n) is 5.22. The first kappa shape index (κ1) is 9.46. The number of pyridine rings is 1. The number of likely N-dealkylation sites (N-methyl/N-ethyl adjacent to an activating group) is 1. The monoisotopic (exact) mass is 191 g/mol. The summed E-state index contributed by atoms with van der Waals surface area (Å²) in [6, 6.07) is 4.76. The highest BCUT2D eigenvalue weighted by Crippen LogP contribution is 2.18. The lowest BCUT2D eigenvalue weighted by Crippen LogP contribution is -2.44. The number of hydrogen-bond donors (Lipinski definition) is 1. The maximum atomic E-state index is 4.15. The first-order valence-corrected chi connectivity index (χ1v) is 5.22. The minimum Gasteiger partial charge on any atom is -0.369 e. The standard InChI is InChI=1S/C11H17N3/c1-12-10-4-3-7-14(9-10)11-5-2-6-13-8-11/h2,5-6,8,10,12H,3-4,7,9H2,1H3/t10-/m0/s1. The molecule has 76 valence electrons. The summed E-state index contributed by atoms with van der Waals surface area (Å²) in [6.07, 6.45) is 6.31. The summed E-state index contributed by atoms with van der Waals surface area (Å²) < 4.78 is 0. The molecule has 1 aliphatic rings. The maximum Gasteiger partial charge on any atom is 0.0553 e. The molecule has 1 saturated heterocycles. The Morgan fingerprint density at radius 2 is 2.50 bits per heavy atom. The fourth-order valence-corrected chi connectivity index (χ4v) is 1.99. The van der Waals surface area contributed by atoms with Crippen molar-refractivity contribution in [2.75, 3.05) is 25.0 Å². The molecule has 1 fully saturated rings. The van der Waals surface area contributed by atoms with E-state index in [1.54, 1.807) is 0 Å². The van der Waals surface area contributed by atoms with Gasteiger partial charge in [0.2, 0.25) is 0 Å². The molecule has 1 atom stereocenters. The molecule has 0 amide bonds. The lowest BCUT2D eigenvalue weighted by molar-refractivity contribution is 0.449. The van der Waals surface area contributed by atoms with Gasteiger partial charge in [0.05, 0.1) is 11.9 Å². The largest absolute Gasteiger partial charge is 0.369 e. The third kappa shape index (κ3) is 2.04. The zero-order chi connectivity index (χ0) is 9.80. The highest BCUT2D eigenvalue weighted by atomic mass is 15.2. The van der Waals surface area contributed by atoms with E-state index in [0.29, 0.717) is 6.04 Å². The van der Waals surface area contributed by atoms with Gasteiger partial charge in [-0.25, -0.2) is 0 Å². The summed E-state index contributed by atoms with van der Waals surface area (Å²) in [4.78, 5) is 6.55. The van der Waals surface area contributed by atoms with E-state index < -0.39 is 0 Å². The van der Waals surface area contributed by atoms with Crippen LogP contribution in [0.1, 0.15) is 12.8 Å². The molecule has 2 heterocycles. The van der Waals surface area contributed by atoms with E-state index in [9.17, 15) is 0 Å². The molecule has 3 heteroatoms. The van der Waals surface area contributed by atoms with Crippen LogP contribution in [0.4, 0.5) is 5.69 Å². The van der Waals surface area contributed by atoms with Crippen molar-refractivity contribution >= 4 is 5.69 Å². The van der Waals surface area contributed by atoms with E-state index in [4.69, 9.17) is 0 Å². The Morgan fingerprint density at radius 1 is 1.57 bits per heavy atom. The fraction of sp³-hybridized carbons (Fsp3) is 0.545. The third-order valence-electron chi connectivity index (χ3n) is 2.84. The van der Waals surface area contributed by atoms with Crippen molar-refractivity contribution in [1.82, 2.24) is 10.3 Å². The molecule has 0 aliphatic carbocycles. The Labute approximate surface area is 85.1 Å². The van der Waals surface area contributed by atoms with Crippen molar-refractivity contribution in [3.8, 4) is 0 Å². The van der Waals surface area contributed by atoms with E-state index in [2.05, 4.69) is 21.3 Å². The van der Waals surface area contributed by atoms with Gasteiger partial charge >= 0.3 is 0 Å². The summed E-state index contributed by atoms with van der Waals surface area (Å²) in [5, 5.41) is 3.34. The summed E-state index contributed by atoms with van der Waals surface area (Å²) in [5.74, 6) is 0.